The molecule has 0 fully saturated rings. The maximum atomic E-state index is 13.1. The Morgan fingerprint density at radius 3 is 2.60 bits per heavy atom. The summed E-state index contributed by atoms with van der Waals surface area (Å²) in [5.74, 6) is -1.35. The molecule has 1 N–H and O–H groups in total. The number of hydrogen-bond donors (Lipinski definition) is 1. The van der Waals surface area contributed by atoms with Crippen molar-refractivity contribution in [1.29, 1.82) is 0 Å². The molecule has 0 bridgehead atoms. The fourth-order valence-corrected chi connectivity index (χ4v) is 2.89. The maximum Gasteiger partial charge on any atom is 0.339 e. The van der Waals surface area contributed by atoms with Gasteiger partial charge in [-0.3, -0.25) is 4.79 Å². The molecule has 132 valence electrons. The van der Waals surface area contributed by atoms with Crippen LogP contribution in [0.5, 0.6) is 0 Å². The number of aryl methyl sites for hydroxylation is 1. The van der Waals surface area contributed by atoms with Crippen LogP contribution in [-0.4, -0.2) is 18.5 Å². The molecule has 0 unspecified atom stereocenters. The predicted octanol–water partition coefficient (Wildman–Crippen LogP) is 4.82. The molecule has 2 aromatic rings. The molecule has 6 heteroatoms. The van der Waals surface area contributed by atoms with E-state index in [9.17, 15) is 14.0 Å². The van der Waals surface area contributed by atoms with Gasteiger partial charge >= 0.3 is 5.97 Å². The van der Waals surface area contributed by atoms with Crippen molar-refractivity contribution in [2.24, 2.45) is 0 Å². The molecule has 1 amide bonds. The lowest BCUT2D eigenvalue weighted by molar-refractivity contribution is -0.119. The molecule has 0 spiro atoms. The smallest absolute Gasteiger partial charge is 0.339 e. The van der Waals surface area contributed by atoms with E-state index in [0.717, 1.165) is 22.9 Å². The van der Waals surface area contributed by atoms with Crippen molar-refractivity contribution in [3.63, 3.8) is 0 Å². The van der Waals surface area contributed by atoms with Crippen LogP contribution < -0.4 is 5.32 Å². The van der Waals surface area contributed by atoms with E-state index in [0.29, 0.717) is 0 Å². The van der Waals surface area contributed by atoms with Gasteiger partial charge in [-0.2, -0.15) is 0 Å². The molecule has 0 aliphatic heterocycles. The Bertz CT molecular complexity index is 805. The molecule has 0 aliphatic carbocycles. The topological polar surface area (TPSA) is 55.4 Å². The van der Waals surface area contributed by atoms with Gasteiger partial charge < -0.3 is 10.1 Å². The molecule has 0 aliphatic rings. The van der Waals surface area contributed by atoms with Crippen molar-refractivity contribution in [2.45, 2.75) is 26.7 Å². The van der Waals surface area contributed by atoms with Crippen LogP contribution in [0.2, 0.25) is 0 Å². The second-order valence-corrected chi connectivity index (χ2v) is 6.80. The van der Waals surface area contributed by atoms with E-state index in [1.165, 1.54) is 12.1 Å². The second kappa shape index (κ2) is 8.25. The summed E-state index contributed by atoms with van der Waals surface area (Å²) in [6.07, 6.45) is 0. The SMILES string of the molecule is Cc1cccc(C(C)C)c1NC(=O)COC(=O)c1ccc(F)cc1Br. The molecule has 0 atom stereocenters. The van der Waals surface area contributed by atoms with Crippen molar-refractivity contribution in [3.05, 3.63) is 63.4 Å². The van der Waals surface area contributed by atoms with E-state index in [4.69, 9.17) is 4.74 Å². The van der Waals surface area contributed by atoms with Crippen molar-refractivity contribution in [2.75, 3.05) is 11.9 Å². The quantitative estimate of drug-likeness (QED) is 0.723. The minimum atomic E-state index is -0.698. The number of para-hydroxylation sites is 1. The number of hydrogen-bond acceptors (Lipinski definition) is 3. The highest BCUT2D eigenvalue weighted by Crippen LogP contribution is 2.27. The highest BCUT2D eigenvalue weighted by molar-refractivity contribution is 9.10. The van der Waals surface area contributed by atoms with Crippen molar-refractivity contribution in [3.8, 4) is 0 Å². The number of ether oxygens (including phenoxy) is 1. The summed E-state index contributed by atoms with van der Waals surface area (Å²) >= 11 is 3.10. The van der Waals surface area contributed by atoms with Crippen LogP contribution in [0.3, 0.4) is 0 Å². The van der Waals surface area contributed by atoms with Gasteiger partial charge in [0.2, 0.25) is 0 Å². The van der Waals surface area contributed by atoms with Crippen LogP contribution in [0.1, 0.15) is 41.3 Å². The van der Waals surface area contributed by atoms with E-state index < -0.39 is 24.3 Å². The number of amides is 1. The molecule has 2 rings (SSSR count). The van der Waals surface area contributed by atoms with Crippen molar-refractivity contribution in [1.82, 2.24) is 0 Å². The first kappa shape index (κ1) is 19.1. The van der Waals surface area contributed by atoms with Gasteiger partial charge in [0.05, 0.1) is 5.56 Å². The summed E-state index contributed by atoms with van der Waals surface area (Å²) in [4.78, 5) is 24.2. The first-order valence-corrected chi connectivity index (χ1v) is 8.60. The summed E-state index contributed by atoms with van der Waals surface area (Å²) in [5, 5.41) is 2.80. The van der Waals surface area contributed by atoms with Crippen molar-refractivity contribution >= 4 is 33.5 Å². The van der Waals surface area contributed by atoms with Gasteiger partial charge in [0.25, 0.3) is 5.91 Å². The summed E-state index contributed by atoms with van der Waals surface area (Å²) in [6, 6.07) is 9.42. The number of carbonyl (C=O) groups is 2. The van der Waals surface area contributed by atoms with Gasteiger partial charge in [0.15, 0.2) is 6.61 Å². The zero-order chi connectivity index (χ0) is 18.6. The van der Waals surface area contributed by atoms with E-state index in [2.05, 4.69) is 21.2 Å². The van der Waals surface area contributed by atoms with Crippen LogP contribution in [0, 0.1) is 12.7 Å². The Morgan fingerprint density at radius 1 is 1.24 bits per heavy atom. The Morgan fingerprint density at radius 2 is 1.96 bits per heavy atom. The van der Waals surface area contributed by atoms with E-state index in [1.54, 1.807) is 0 Å². The highest BCUT2D eigenvalue weighted by Gasteiger charge is 2.16. The highest BCUT2D eigenvalue weighted by atomic mass is 79.9. The lowest BCUT2D eigenvalue weighted by Crippen LogP contribution is -2.22. The van der Waals surface area contributed by atoms with Gasteiger partial charge in [-0.15, -0.1) is 0 Å². The first-order valence-electron chi connectivity index (χ1n) is 7.81. The van der Waals surface area contributed by atoms with Gasteiger partial charge in [0, 0.05) is 10.2 Å². The van der Waals surface area contributed by atoms with Crippen LogP contribution in [0.15, 0.2) is 40.9 Å². The summed E-state index contributed by atoms with van der Waals surface area (Å²) < 4.78 is 18.4. The molecule has 2 aromatic carbocycles. The molecule has 0 saturated carbocycles. The molecule has 0 radical (unpaired) electrons. The largest absolute Gasteiger partial charge is 0.452 e. The second-order valence-electron chi connectivity index (χ2n) is 5.94. The lowest BCUT2D eigenvalue weighted by Gasteiger charge is -2.16. The third kappa shape index (κ3) is 4.89. The Labute approximate surface area is 154 Å². The Balaban J connectivity index is 2.03. The third-order valence-corrected chi connectivity index (χ3v) is 4.33. The van der Waals surface area contributed by atoms with Crippen LogP contribution in [-0.2, 0) is 9.53 Å². The monoisotopic (exact) mass is 407 g/mol. The van der Waals surface area contributed by atoms with Crippen molar-refractivity contribution < 1.29 is 18.7 Å². The summed E-state index contributed by atoms with van der Waals surface area (Å²) in [6.45, 7) is 5.56. The standard InChI is InChI=1S/C19H19BrFNO3/c1-11(2)14-6-4-5-12(3)18(14)22-17(23)10-25-19(24)15-8-7-13(21)9-16(15)20/h4-9,11H,10H2,1-3H3,(H,22,23). The minimum Gasteiger partial charge on any atom is -0.452 e. The molecular formula is C19H19BrFNO3. The zero-order valence-electron chi connectivity index (χ0n) is 14.2. The third-order valence-electron chi connectivity index (χ3n) is 3.68. The molecule has 4 nitrogen and oxygen atoms in total. The van der Waals surface area contributed by atoms with Gasteiger partial charge in [0.1, 0.15) is 5.82 Å². The first-order chi connectivity index (χ1) is 11.8. The van der Waals surface area contributed by atoms with Crippen LogP contribution in [0.25, 0.3) is 0 Å². The van der Waals surface area contributed by atoms with E-state index in [1.807, 2.05) is 39.0 Å². The number of carbonyl (C=O) groups excluding carboxylic acids is 2. The van der Waals surface area contributed by atoms with Gasteiger partial charge in [-0.1, -0.05) is 32.0 Å². The fourth-order valence-electron chi connectivity index (χ4n) is 2.38. The Kier molecular flexibility index (Phi) is 6.31. The molecular weight excluding hydrogens is 389 g/mol. The number of benzene rings is 2. The maximum absolute atomic E-state index is 13.1. The predicted molar refractivity (Wildman–Crippen MR) is 98.3 cm³/mol. The van der Waals surface area contributed by atoms with Crippen LogP contribution >= 0.6 is 15.9 Å². The summed E-state index contributed by atoms with van der Waals surface area (Å²) in [5.41, 5.74) is 2.85. The average Bonchev–Trinajstić information content (AvgIpc) is 2.54. The van der Waals surface area contributed by atoms with Gasteiger partial charge in [-0.05, 0) is 58.1 Å². The zero-order valence-corrected chi connectivity index (χ0v) is 15.8. The molecule has 0 saturated heterocycles. The lowest BCUT2D eigenvalue weighted by atomic mass is 9.98. The average molecular weight is 408 g/mol. The number of esters is 1. The molecule has 0 heterocycles. The minimum absolute atomic E-state index is 0.160. The Hall–Kier alpha value is -2.21. The van der Waals surface area contributed by atoms with Gasteiger partial charge in [-0.25, -0.2) is 9.18 Å². The fraction of sp³-hybridized carbons (Fsp3) is 0.263. The molecule has 25 heavy (non-hydrogen) atoms. The van der Waals surface area contributed by atoms with E-state index in [-0.39, 0.29) is 16.0 Å². The van der Waals surface area contributed by atoms with Crippen LogP contribution in [0.4, 0.5) is 10.1 Å². The number of nitrogens with one attached hydrogen (secondary N) is 1. The normalized spacial score (nSPS) is 10.6. The van der Waals surface area contributed by atoms with E-state index >= 15 is 0 Å². The number of halogens is 2. The number of rotatable bonds is 5. The molecule has 0 aromatic heterocycles. The summed E-state index contributed by atoms with van der Waals surface area (Å²) in [7, 11) is 0. The number of anilines is 1.